The molecule has 0 aromatic heterocycles. The first-order valence-corrected chi connectivity index (χ1v) is 13.3. The predicted octanol–water partition coefficient (Wildman–Crippen LogP) is 3.51. The normalized spacial score (nSPS) is 17.3. The van der Waals surface area contributed by atoms with Crippen molar-refractivity contribution in [3.05, 3.63) is 59.0 Å². The van der Waals surface area contributed by atoms with Crippen LogP contribution in [0.3, 0.4) is 0 Å². The lowest BCUT2D eigenvalue weighted by molar-refractivity contribution is -0.135. The number of benzene rings is 2. The molecule has 184 valence electrons. The molecule has 0 aliphatic carbocycles. The number of hydrogen-bond acceptors (Lipinski definition) is 8. The fourth-order valence-electron chi connectivity index (χ4n) is 3.69. The molecular formula is C24H24N2O7S2. The molecule has 4 rings (SSSR count). The zero-order chi connectivity index (χ0) is 25.0. The smallest absolute Gasteiger partial charge is 0.339 e. The van der Waals surface area contributed by atoms with Gasteiger partial charge in [0.15, 0.2) is 11.5 Å². The van der Waals surface area contributed by atoms with Gasteiger partial charge in [-0.15, -0.1) is 0 Å². The molecule has 9 nitrogen and oxygen atoms in total. The number of likely N-dealkylation sites (tertiary alicyclic amines) is 1. The Morgan fingerprint density at radius 3 is 2.46 bits per heavy atom. The lowest BCUT2D eigenvalue weighted by Crippen LogP contribution is -2.40. The van der Waals surface area contributed by atoms with Crippen LogP contribution in [0.2, 0.25) is 0 Å². The van der Waals surface area contributed by atoms with E-state index in [2.05, 4.69) is 0 Å². The van der Waals surface area contributed by atoms with E-state index in [-0.39, 0.29) is 40.4 Å². The first-order chi connectivity index (χ1) is 16.8. The number of rotatable bonds is 8. The van der Waals surface area contributed by atoms with Gasteiger partial charge in [-0.25, -0.2) is 0 Å². The van der Waals surface area contributed by atoms with Gasteiger partial charge in [0.2, 0.25) is 5.91 Å². The maximum Gasteiger partial charge on any atom is 0.339 e. The minimum absolute atomic E-state index is 0.00262. The van der Waals surface area contributed by atoms with Gasteiger partial charge in [0.05, 0.1) is 11.5 Å². The molecule has 0 bridgehead atoms. The van der Waals surface area contributed by atoms with Crippen molar-refractivity contribution in [2.24, 2.45) is 0 Å². The number of carbonyl (C=O) groups is 3. The molecule has 0 spiro atoms. The number of imide groups is 1. The second kappa shape index (κ2) is 10.5. The van der Waals surface area contributed by atoms with E-state index in [9.17, 15) is 22.8 Å². The highest BCUT2D eigenvalue weighted by Crippen LogP contribution is 2.35. The molecule has 3 amide bonds. The number of amides is 3. The maximum atomic E-state index is 12.8. The third-order valence-electron chi connectivity index (χ3n) is 5.42. The van der Waals surface area contributed by atoms with Crippen molar-refractivity contribution in [2.75, 3.05) is 26.2 Å². The van der Waals surface area contributed by atoms with Crippen molar-refractivity contribution in [1.29, 1.82) is 0 Å². The number of hydrogen-bond donors (Lipinski definition) is 0. The lowest BCUT2D eigenvalue weighted by atomic mass is 10.2. The molecule has 0 saturated carbocycles. The third kappa shape index (κ3) is 5.68. The Morgan fingerprint density at radius 1 is 1.06 bits per heavy atom. The zero-order valence-corrected chi connectivity index (χ0v) is 20.6. The Hall–Kier alpha value is -3.31. The van der Waals surface area contributed by atoms with Gasteiger partial charge in [-0.2, -0.15) is 8.42 Å². The molecule has 2 fully saturated rings. The molecule has 11 heteroatoms. The summed E-state index contributed by atoms with van der Waals surface area (Å²) in [5, 5.41) is -0.507. The zero-order valence-electron chi connectivity index (χ0n) is 19.0. The van der Waals surface area contributed by atoms with Gasteiger partial charge in [0.25, 0.3) is 11.1 Å². The van der Waals surface area contributed by atoms with Crippen molar-refractivity contribution in [2.45, 2.75) is 24.7 Å². The van der Waals surface area contributed by atoms with Crippen LogP contribution in [0.1, 0.15) is 25.3 Å². The van der Waals surface area contributed by atoms with Crippen molar-refractivity contribution in [3.8, 4) is 11.5 Å². The summed E-state index contributed by atoms with van der Waals surface area (Å²) in [6.07, 6.45) is 3.34. The summed E-state index contributed by atoms with van der Waals surface area (Å²) < 4.78 is 36.1. The highest BCUT2D eigenvalue weighted by atomic mass is 32.2. The molecule has 35 heavy (non-hydrogen) atoms. The Bertz CT molecular complexity index is 1270. The van der Waals surface area contributed by atoms with Crippen LogP contribution in [0.4, 0.5) is 4.79 Å². The van der Waals surface area contributed by atoms with Gasteiger partial charge in [-0.1, -0.05) is 24.3 Å². The number of ether oxygens (including phenoxy) is 1. The van der Waals surface area contributed by atoms with Crippen LogP contribution in [0.15, 0.2) is 58.3 Å². The molecule has 2 heterocycles. The van der Waals surface area contributed by atoms with Gasteiger partial charge >= 0.3 is 10.1 Å². The summed E-state index contributed by atoms with van der Waals surface area (Å²) in [5.41, 5.74) is 0.509. The minimum Gasteiger partial charge on any atom is -0.490 e. The SMILES string of the molecule is CCOc1cc(/C=C2\SC(=O)N(CC(=O)N3CCCC3)C2=O)ccc1OS(=O)(=O)c1ccccc1. The maximum absolute atomic E-state index is 12.8. The highest BCUT2D eigenvalue weighted by Gasteiger charge is 2.37. The van der Waals surface area contributed by atoms with Gasteiger partial charge in [-0.05, 0) is 67.4 Å². The number of nitrogens with zero attached hydrogens (tertiary/aromatic N) is 2. The van der Waals surface area contributed by atoms with E-state index in [4.69, 9.17) is 8.92 Å². The van der Waals surface area contributed by atoms with Crippen molar-refractivity contribution < 1.29 is 31.7 Å². The van der Waals surface area contributed by atoms with E-state index in [0.29, 0.717) is 18.7 Å². The predicted molar refractivity (Wildman–Crippen MR) is 130 cm³/mol. The van der Waals surface area contributed by atoms with Crippen LogP contribution in [0.25, 0.3) is 6.08 Å². The van der Waals surface area contributed by atoms with Gasteiger partial charge < -0.3 is 13.8 Å². The molecule has 0 radical (unpaired) electrons. The van der Waals surface area contributed by atoms with Gasteiger partial charge in [-0.3, -0.25) is 19.3 Å². The monoisotopic (exact) mass is 516 g/mol. The van der Waals surface area contributed by atoms with Crippen LogP contribution in [-0.4, -0.2) is 61.5 Å². The summed E-state index contributed by atoms with van der Waals surface area (Å²) in [5.74, 6) is -0.621. The topological polar surface area (TPSA) is 110 Å². The molecule has 2 aromatic rings. The molecule has 2 saturated heterocycles. The molecule has 0 unspecified atom stereocenters. The van der Waals surface area contributed by atoms with E-state index in [1.165, 1.54) is 30.3 Å². The quantitative estimate of drug-likeness (QED) is 0.387. The second-order valence-electron chi connectivity index (χ2n) is 7.85. The van der Waals surface area contributed by atoms with Crippen LogP contribution < -0.4 is 8.92 Å². The molecule has 0 N–H and O–H groups in total. The average molecular weight is 517 g/mol. The first kappa shape index (κ1) is 24.8. The second-order valence-corrected chi connectivity index (χ2v) is 10.4. The summed E-state index contributed by atoms with van der Waals surface area (Å²) in [6, 6.07) is 12.2. The van der Waals surface area contributed by atoms with E-state index in [1.807, 2.05) is 0 Å². The first-order valence-electron chi connectivity index (χ1n) is 11.1. The minimum atomic E-state index is -4.07. The van der Waals surface area contributed by atoms with E-state index in [1.54, 1.807) is 36.1 Å². The van der Waals surface area contributed by atoms with Crippen LogP contribution >= 0.6 is 11.8 Å². The van der Waals surface area contributed by atoms with Gasteiger partial charge in [0.1, 0.15) is 11.4 Å². The Balaban J connectivity index is 1.53. The molecular weight excluding hydrogens is 492 g/mol. The van der Waals surface area contributed by atoms with E-state index in [0.717, 1.165) is 29.5 Å². The molecule has 2 aromatic carbocycles. The van der Waals surface area contributed by atoms with Crippen LogP contribution in [0.5, 0.6) is 11.5 Å². The van der Waals surface area contributed by atoms with Crippen LogP contribution in [0, 0.1) is 0 Å². The van der Waals surface area contributed by atoms with Crippen molar-refractivity contribution in [3.63, 3.8) is 0 Å². The van der Waals surface area contributed by atoms with Crippen molar-refractivity contribution in [1.82, 2.24) is 9.80 Å². The Morgan fingerprint density at radius 2 is 1.77 bits per heavy atom. The average Bonchev–Trinajstić information content (AvgIpc) is 3.46. The van der Waals surface area contributed by atoms with E-state index >= 15 is 0 Å². The highest BCUT2D eigenvalue weighted by molar-refractivity contribution is 8.18. The fourth-order valence-corrected chi connectivity index (χ4v) is 5.49. The lowest BCUT2D eigenvalue weighted by Gasteiger charge is -2.18. The number of thioether (sulfide) groups is 1. The summed E-state index contributed by atoms with van der Waals surface area (Å²) >= 11 is 0.752. The largest absolute Gasteiger partial charge is 0.490 e. The van der Waals surface area contributed by atoms with Gasteiger partial charge in [0, 0.05) is 13.1 Å². The van der Waals surface area contributed by atoms with Crippen LogP contribution in [-0.2, 0) is 19.7 Å². The Kier molecular flexibility index (Phi) is 7.46. The fraction of sp³-hybridized carbons (Fsp3) is 0.292. The molecule has 2 aliphatic rings. The summed E-state index contributed by atoms with van der Waals surface area (Å²) in [4.78, 5) is 40.4. The summed E-state index contributed by atoms with van der Waals surface area (Å²) in [7, 11) is -4.07. The number of carbonyl (C=O) groups excluding carboxylic acids is 3. The molecule has 2 aliphatic heterocycles. The Labute approximate surface area is 207 Å². The summed E-state index contributed by atoms with van der Waals surface area (Å²) in [6.45, 7) is 2.99. The van der Waals surface area contributed by atoms with Crippen molar-refractivity contribution >= 4 is 45.0 Å². The third-order valence-corrected chi connectivity index (χ3v) is 7.58. The standard InChI is InChI=1S/C24H24N2O7S2/c1-2-32-20-14-17(10-11-19(20)33-35(30,31)18-8-4-3-5-9-18)15-21-23(28)26(24(29)34-21)16-22(27)25-12-6-7-13-25/h3-5,8-11,14-15H,2,6-7,12-13,16H2,1H3/b21-15-. The molecule has 0 atom stereocenters. The van der Waals surface area contributed by atoms with E-state index < -0.39 is 21.3 Å².